The molecule has 0 saturated heterocycles. The lowest BCUT2D eigenvalue weighted by atomic mass is 10.1. The Hall–Kier alpha value is -3.93. The summed E-state index contributed by atoms with van der Waals surface area (Å²) in [6.07, 6.45) is 2.95. The average molecular weight is 548 g/mol. The number of anilines is 3. The van der Waals surface area contributed by atoms with E-state index in [1.54, 1.807) is 18.2 Å². The van der Waals surface area contributed by atoms with Crippen molar-refractivity contribution >= 4 is 58.1 Å². The van der Waals surface area contributed by atoms with Gasteiger partial charge in [0, 0.05) is 42.0 Å². The Morgan fingerprint density at radius 1 is 1.00 bits per heavy atom. The van der Waals surface area contributed by atoms with Crippen molar-refractivity contribution in [2.75, 3.05) is 29.5 Å². The molecule has 4 N–H and O–H groups in total. The first-order valence-corrected chi connectivity index (χ1v) is 11.5. The van der Waals surface area contributed by atoms with Crippen LogP contribution in [0.5, 0.6) is 0 Å². The van der Waals surface area contributed by atoms with Crippen LogP contribution in [0.2, 0.25) is 15.1 Å². The summed E-state index contributed by atoms with van der Waals surface area (Å²) in [6, 6.07) is 10.5. The lowest BCUT2D eigenvalue weighted by Gasteiger charge is -2.14. The number of hydrogen-bond donors (Lipinski definition) is 3. The van der Waals surface area contributed by atoms with Crippen LogP contribution in [0.3, 0.4) is 0 Å². The number of aromatic nitrogens is 4. The summed E-state index contributed by atoms with van der Waals surface area (Å²) in [5, 5.41) is 18.1. The highest BCUT2D eigenvalue weighted by molar-refractivity contribution is 6.36. The van der Waals surface area contributed by atoms with E-state index in [9.17, 15) is 14.9 Å². The number of hydrogen-bond acceptors (Lipinski definition) is 9. The largest absolute Gasteiger partial charge is 0.378 e. The van der Waals surface area contributed by atoms with Crippen molar-refractivity contribution in [3.63, 3.8) is 0 Å². The third kappa shape index (κ3) is 5.65. The van der Waals surface area contributed by atoms with E-state index in [1.807, 2.05) is 0 Å². The standard InChI is InChI=1S/C22H17Cl3N8O3/c23-12-1-3-14(15(25)9-12)20-17(32-11-13(24)2-6-19(32)34)10-29-22(31-20)28-8-7-27-18-5-4-16(33(35)36)21(26)30-18/h1-6,9-11H,7-8H2,(H3,26,27,30)(H,28,29,31). The predicted octanol–water partition coefficient (Wildman–Crippen LogP) is 4.66. The lowest BCUT2D eigenvalue weighted by Crippen LogP contribution is -2.19. The zero-order valence-corrected chi connectivity index (χ0v) is 20.6. The lowest BCUT2D eigenvalue weighted by molar-refractivity contribution is -0.384. The molecule has 4 rings (SSSR count). The van der Waals surface area contributed by atoms with Gasteiger partial charge in [-0.15, -0.1) is 0 Å². The van der Waals surface area contributed by atoms with Crippen LogP contribution in [0.15, 0.2) is 59.7 Å². The molecule has 0 aliphatic rings. The molecule has 0 aliphatic carbocycles. The molecule has 0 amide bonds. The molecule has 0 saturated carbocycles. The van der Waals surface area contributed by atoms with Crippen molar-refractivity contribution in [2.45, 2.75) is 0 Å². The van der Waals surface area contributed by atoms with Gasteiger partial charge >= 0.3 is 5.69 Å². The van der Waals surface area contributed by atoms with Crippen molar-refractivity contribution in [3.8, 4) is 16.9 Å². The SMILES string of the molecule is Nc1nc(NCCNc2ncc(-n3cc(Cl)ccc3=O)c(-c3ccc(Cl)cc3Cl)n2)ccc1[N+](=O)[O-]. The zero-order chi connectivity index (χ0) is 25.8. The van der Waals surface area contributed by atoms with Crippen molar-refractivity contribution in [2.24, 2.45) is 0 Å². The number of halogens is 3. The highest BCUT2D eigenvalue weighted by Gasteiger charge is 2.16. The second-order valence-corrected chi connectivity index (χ2v) is 8.60. The quantitative estimate of drug-likeness (QED) is 0.162. The van der Waals surface area contributed by atoms with Crippen LogP contribution in [-0.2, 0) is 0 Å². The van der Waals surface area contributed by atoms with Crippen molar-refractivity contribution in [3.05, 3.63) is 90.4 Å². The Morgan fingerprint density at radius 3 is 2.47 bits per heavy atom. The van der Waals surface area contributed by atoms with Crippen LogP contribution < -0.4 is 21.9 Å². The molecule has 0 fully saturated rings. The van der Waals surface area contributed by atoms with Gasteiger partial charge in [-0.1, -0.05) is 34.8 Å². The second kappa shape index (κ2) is 10.8. The van der Waals surface area contributed by atoms with E-state index in [1.165, 1.54) is 41.2 Å². The van der Waals surface area contributed by atoms with Crippen LogP contribution in [0.4, 0.5) is 23.3 Å². The third-order valence-corrected chi connectivity index (χ3v) is 5.67. The molecule has 0 spiro atoms. The number of pyridine rings is 2. The number of nitro groups is 1. The fourth-order valence-electron chi connectivity index (χ4n) is 3.25. The predicted molar refractivity (Wildman–Crippen MR) is 140 cm³/mol. The van der Waals surface area contributed by atoms with E-state index >= 15 is 0 Å². The Balaban J connectivity index is 1.57. The summed E-state index contributed by atoms with van der Waals surface area (Å²) in [6.45, 7) is 0.739. The van der Waals surface area contributed by atoms with E-state index < -0.39 is 4.92 Å². The molecule has 0 aliphatic heterocycles. The van der Waals surface area contributed by atoms with Crippen LogP contribution in [0.25, 0.3) is 16.9 Å². The Bertz CT molecular complexity index is 1510. The van der Waals surface area contributed by atoms with E-state index in [4.69, 9.17) is 40.5 Å². The number of nitrogens with two attached hydrogens (primary N) is 1. The second-order valence-electron chi connectivity index (χ2n) is 7.32. The molecule has 3 heterocycles. The van der Waals surface area contributed by atoms with Gasteiger partial charge in [0.2, 0.25) is 11.8 Å². The van der Waals surface area contributed by atoms with Crippen LogP contribution >= 0.6 is 34.8 Å². The summed E-state index contributed by atoms with van der Waals surface area (Å²) in [5.74, 6) is 0.468. The topological polar surface area (TPSA) is 154 Å². The number of rotatable bonds is 8. The van der Waals surface area contributed by atoms with Gasteiger partial charge in [-0.25, -0.2) is 15.0 Å². The maximum absolute atomic E-state index is 12.5. The van der Waals surface area contributed by atoms with E-state index in [0.29, 0.717) is 50.9 Å². The maximum Gasteiger partial charge on any atom is 0.311 e. The van der Waals surface area contributed by atoms with E-state index in [2.05, 4.69) is 25.6 Å². The molecule has 0 unspecified atom stereocenters. The minimum atomic E-state index is -0.601. The van der Waals surface area contributed by atoms with Gasteiger partial charge in [0.05, 0.1) is 26.9 Å². The zero-order valence-electron chi connectivity index (χ0n) is 18.3. The number of nitrogens with zero attached hydrogens (tertiary/aromatic N) is 5. The van der Waals surface area contributed by atoms with Gasteiger partial charge < -0.3 is 16.4 Å². The molecule has 11 nitrogen and oxygen atoms in total. The van der Waals surface area contributed by atoms with Crippen molar-refractivity contribution in [1.29, 1.82) is 0 Å². The van der Waals surface area contributed by atoms with Crippen LogP contribution in [0, 0.1) is 10.1 Å². The molecule has 0 atom stereocenters. The number of nitrogens with one attached hydrogen (secondary N) is 2. The average Bonchev–Trinajstić information content (AvgIpc) is 2.83. The van der Waals surface area contributed by atoms with Gasteiger partial charge in [-0.05, 0) is 30.3 Å². The molecule has 1 aromatic carbocycles. The minimum Gasteiger partial charge on any atom is -0.378 e. The summed E-state index contributed by atoms with van der Waals surface area (Å²) >= 11 is 18.6. The van der Waals surface area contributed by atoms with Crippen LogP contribution in [0.1, 0.15) is 0 Å². The molecule has 14 heteroatoms. The van der Waals surface area contributed by atoms with E-state index in [0.717, 1.165) is 0 Å². The minimum absolute atomic E-state index is 0.183. The summed E-state index contributed by atoms with van der Waals surface area (Å²) in [5.41, 5.74) is 6.32. The molecule has 184 valence electrons. The van der Waals surface area contributed by atoms with Gasteiger partial charge in [-0.2, -0.15) is 0 Å². The summed E-state index contributed by atoms with van der Waals surface area (Å²) in [7, 11) is 0. The summed E-state index contributed by atoms with van der Waals surface area (Å²) in [4.78, 5) is 35.7. The first kappa shape index (κ1) is 25.2. The smallest absolute Gasteiger partial charge is 0.311 e. The molecular weight excluding hydrogens is 531 g/mol. The number of benzene rings is 1. The molecule has 4 aromatic rings. The first-order valence-electron chi connectivity index (χ1n) is 10.3. The fraction of sp³-hybridized carbons (Fsp3) is 0.0909. The molecule has 3 aromatic heterocycles. The first-order chi connectivity index (χ1) is 17.2. The molecule has 36 heavy (non-hydrogen) atoms. The van der Waals surface area contributed by atoms with Gasteiger partial charge in [0.15, 0.2) is 0 Å². The third-order valence-electron chi connectivity index (χ3n) is 4.90. The highest BCUT2D eigenvalue weighted by Crippen LogP contribution is 2.33. The van der Waals surface area contributed by atoms with Gasteiger partial charge in [-0.3, -0.25) is 19.5 Å². The van der Waals surface area contributed by atoms with Crippen molar-refractivity contribution < 1.29 is 4.92 Å². The van der Waals surface area contributed by atoms with E-state index in [-0.39, 0.29) is 23.0 Å². The molecule has 0 radical (unpaired) electrons. The Labute approximate surface area is 219 Å². The fourth-order valence-corrected chi connectivity index (χ4v) is 3.91. The normalized spacial score (nSPS) is 10.8. The molecular formula is C22H17Cl3N8O3. The summed E-state index contributed by atoms with van der Waals surface area (Å²) < 4.78 is 1.33. The Kier molecular flexibility index (Phi) is 7.53. The monoisotopic (exact) mass is 546 g/mol. The number of nitrogen functional groups attached to an aromatic ring is 1. The van der Waals surface area contributed by atoms with Crippen LogP contribution in [-0.4, -0.2) is 37.5 Å². The Morgan fingerprint density at radius 2 is 1.75 bits per heavy atom. The van der Waals surface area contributed by atoms with Gasteiger partial charge in [0.25, 0.3) is 5.56 Å². The van der Waals surface area contributed by atoms with Gasteiger partial charge in [0.1, 0.15) is 11.5 Å². The van der Waals surface area contributed by atoms with Crippen molar-refractivity contribution in [1.82, 2.24) is 19.5 Å². The molecule has 0 bridgehead atoms. The maximum atomic E-state index is 12.5. The highest BCUT2D eigenvalue weighted by atomic mass is 35.5.